The lowest BCUT2D eigenvalue weighted by molar-refractivity contribution is 0.251. The van der Waals surface area contributed by atoms with Gasteiger partial charge in [-0.1, -0.05) is 43.5 Å². The predicted molar refractivity (Wildman–Crippen MR) is 75.7 cm³/mol. The molecule has 2 rings (SSSR count). The second kappa shape index (κ2) is 6.91. The summed E-state index contributed by atoms with van der Waals surface area (Å²) in [5.74, 6) is 0.789. The van der Waals surface area contributed by atoms with Crippen molar-refractivity contribution < 1.29 is 5.11 Å². The fourth-order valence-electron chi connectivity index (χ4n) is 2.70. The molecule has 1 aromatic carbocycles. The number of nitrogens with one attached hydrogen (secondary N) is 1. The van der Waals surface area contributed by atoms with Crippen LogP contribution in [0.4, 0.5) is 0 Å². The highest BCUT2D eigenvalue weighted by molar-refractivity contribution is 5.25. The van der Waals surface area contributed by atoms with Crippen LogP contribution in [-0.2, 0) is 6.54 Å². The van der Waals surface area contributed by atoms with Gasteiger partial charge in [0.05, 0.1) is 6.61 Å². The van der Waals surface area contributed by atoms with E-state index in [2.05, 4.69) is 29.6 Å². The summed E-state index contributed by atoms with van der Waals surface area (Å²) >= 11 is 0. The summed E-state index contributed by atoms with van der Waals surface area (Å²) in [4.78, 5) is 0. The molecule has 1 atom stereocenters. The number of benzene rings is 1. The molecular formula is C16H25NO. The molecule has 100 valence electrons. The first-order chi connectivity index (χ1) is 8.79. The van der Waals surface area contributed by atoms with Crippen molar-refractivity contribution >= 4 is 0 Å². The van der Waals surface area contributed by atoms with E-state index in [1.807, 2.05) is 6.92 Å². The van der Waals surface area contributed by atoms with E-state index in [-0.39, 0.29) is 12.6 Å². The second-order valence-electron chi connectivity index (χ2n) is 5.54. The largest absolute Gasteiger partial charge is 0.395 e. The molecule has 1 aliphatic rings. The Morgan fingerprint density at radius 2 is 1.83 bits per heavy atom. The smallest absolute Gasteiger partial charge is 0.0582 e. The molecule has 0 aromatic heterocycles. The molecular weight excluding hydrogens is 222 g/mol. The van der Waals surface area contributed by atoms with E-state index in [0.29, 0.717) is 0 Å². The molecule has 0 amide bonds. The zero-order valence-electron chi connectivity index (χ0n) is 11.4. The minimum atomic E-state index is 0.169. The molecule has 1 aliphatic carbocycles. The topological polar surface area (TPSA) is 32.3 Å². The highest BCUT2D eigenvalue weighted by Crippen LogP contribution is 2.32. The molecule has 2 nitrogen and oxygen atoms in total. The van der Waals surface area contributed by atoms with Crippen LogP contribution in [0.2, 0.25) is 0 Å². The van der Waals surface area contributed by atoms with Gasteiger partial charge in [0.2, 0.25) is 0 Å². The summed E-state index contributed by atoms with van der Waals surface area (Å²) in [6.45, 7) is 3.03. The third-order valence-corrected chi connectivity index (χ3v) is 3.98. The lowest BCUT2D eigenvalue weighted by Gasteiger charge is -2.22. The van der Waals surface area contributed by atoms with Crippen molar-refractivity contribution in [1.29, 1.82) is 0 Å². The van der Waals surface area contributed by atoms with E-state index in [4.69, 9.17) is 5.11 Å². The fraction of sp³-hybridized carbons (Fsp3) is 0.625. The Hall–Kier alpha value is -0.860. The maximum atomic E-state index is 8.96. The molecule has 1 aromatic rings. The number of rotatable bonds is 5. The first-order valence-electron chi connectivity index (χ1n) is 7.22. The van der Waals surface area contributed by atoms with E-state index in [9.17, 15) is 0 Å². The zero-order valence-corrected chi connectivity index (χ0v) is 11.4. The molecule has 1 unspecified atom stereocenters. The van der Waals surface area contributed by atoms with Gasteiger partial charge in [-0.25, -0.2) is 0 Å². The third-order valence-electron chi connectivity index (χ3n) is 3.98. The van der Waals surface area contributed by atoms with Crippen LogP contribution < -0.4 is 5.32 Å². The molecule has 2 N–H and O–H groups in total. The summed E-state index contributed by atoms with van der Waals surface area (Å²) in [7, 11) is 0. The molecule has 0 bridgehead atoms. The average molecular weight is 247 g/mol. The van der Waals surface area contributed by atoms with E-state index in [0.717, 1.165) is 12.5 Å². The average Bonchev–Trinajstić information content (AvgIpc) is 2.46. The van der Waals surface area contributed by atoms with Crippen LogP contribution in [-0.4, -0.2) is 17.8 Å². The van der Waals surface area contributed by atoms with Crippen LogP contribution in [0, 0.1) is 0 Å². The van der Waals surface area contributed by atoms with Crippen molar-refractivity contribution in [1.82, 2.24) is 5.32 Å². The maximum absolute atomic E-state index is 8.96. The minimum Gasteiger partial charge on any atom is -0.395 e. The number of aliphatic hydroxyl groups is 1. The molecule has 0 radical (unpaired) electrons. The van der Waals surface area contributed by atoms with Gasteiger partial charge >= 0.3 is 0 Å². The molecule has 0 spiro atoms. The van der Waals surface area contributed by atoms with Crippen LogP contribution in [0.5, 0.6) is 0 Å². The first-order valence-corrected chi connectivity index (χ1v) is 7.22. The summed E-state index contributed by atoms with van der Waals surface area (Å²) in [6.07, 6.45) is 6.92. The Morgan fingerprint density at radius 3 is 2.44 bits per heavy atom. The van der Waals surface area contributed by atoms with Gasteiger partial charge in [0.1, 0.15) is 0 Å². The van der Waals surface area contributed by atoms with Crippen LogP contribution in [0.25, 0.3) is 0 Å². The maximum Gasteiger partial charge on any atom is 0.0582 e. The van der Waals surface area contributed by atoms with Crippen LogP contribution in [0.1, 0.15) is 56.1 Å². The Morgan fingerprint density at radius 1 is 1.17 bits per heavy atom. The normalized spacial score (nSPS) is 18.8. The molecule has 1 saturated carbocycles. The summed E-state index contributed by atoms with van der Waals surface area (Å²) in [5.41, 5.74) is 2.81. The van der Waals surface area contributed by atoms with E-state index in [1.54, 1.807) is 0 Å². The zero-order chi connectivity index (χ0) is 12.8. The van der Waals surface area contributed by atoms with Crippen molar-refractivity contribution in [3.05, 3.63) is 35.4 Å². The summed E-state index contributed by atoms with van der Waals surface area (Å²) < 4.78 is 0. The van der Waals surface area contributed by atoms with Gasteiger partial charge in [-0.05, 0) is 36.8 Å². The molecule has 0 aliphatic heterocycles. The van der Waals surface area contributed by atoms with Gasteiger partial charge in [0, 0.05) is 12.6 Å². The number of hydrogen-bond acceptors (Lipinski definition) is 2. The molecule has 0 heterocycles. The van der Waals surface area contributed by atoms with Crippen LogP contribution in [0.15, 0.2) is 24.3 Å². The number of aliphatic hydroxyl groups excluding tert-OH is 1. The van der Waals surface area contributed by atoms with Gasteiger partial charge in [0.25, 0.3) is 0 Å². The fourth-order valence-corrected chi connectivity index (χ4v) is 2.70. The lowest BCUT2D eigenvalue weighted by atomic mass is 9.84. The van der Waals surface area contributed by atoms with Crippen LogP contribution in [0.3, 0.4) is 0 Å². The van der Waals surface area contributed by atoms with Gasteiger partial charge in [-0.15, -0.1) is 0 Å². The van der Waals surface area contributed by atoms with E-state index < -0.39 is 0 Å². The van der Waals surface area contributed by atoms with E-state index in [1.165, 1.54) is 43.2 Å². The Bertz CT molecular complexity index is 341. The van der Waals surface area contributed by atoms with Crippen LogP contribution >= 0.6 is 0 Å². The molecule has 18 heavy (non-hydrogen) atoms. The third kappa shape index (κ3) is 3.82. The second-order valence-corrected chi connectivity index (χ2v) is 5.54. The highest BCUT2D eigenvalue weighted by Gasteiger charge is 2.14. The molecule has 2 heteroatoms. The summed E-state index contributed by atoms with van der Waals surface area (Å²) in [6, 6.07) is 9.19. The van der Waals surface area contributed by atoms with Gasteiger partial charge < -0.3 is 10.4 Å². The highest BCUT2D eigenvalue weighted by atomic mass is 16.3. The molecule has 0 saturated heterocycles. The lowest BCUT2D eigenvalue weighted by Crippen LogP contribution is -2.28. The van der Waals surface area contributed by atoms with Gasteiger partial charge in [-0.2, -0.15) is 0 Å². The van der Waals surface area contributed by atoms with Gasteiger partial charge in [-0.3, -0.25) is 0 Å². The van der Waals surface area contributed by atoms with Crippen molar-refractivity contribution in [3.63, 3.8) is 0 Å². The van der Waals surface area contributed by atoms with Crippen molar-refractivity contribution in [2.45, 2.75) is 57.5 Å². The Balaban J connectivity index is 1.88. The quantitative estimate of drug-likeness (QED) is 0.837. The van der Waals surface area contributed by atoms with Crippen molar-refractivity contribution in [2.24, 2.45) is 0 Å². The monoisotopic (exact) mass is 247 g/mol. The first kappa shape index (κ1) is 13.6. The Labute approximate surface area is 110 Å². The van der Waals surface area contributed by atoms with Crippen molar-refractivity contribution in [2.75, 3.05) is 6.61 Å². The predicted octanol–water partition coefficient (Wildman–Crippen LogP) is 3.20. The van der Waals surface area contributed by atoms with E-state index >= 15 is 0 Å². The minimum absolute atomic E-state index is 0.169. The standard InChI is InChI=1S/C16H25NO/c1-13(12-18)17-11-14-7-9-16(10-8-14)15-5-3-2-4-6-15/h7-10,13,15,17-18H,2-6,11-12H2,1H3. The Kier molecular flexibility index (Phi) is 5.21. The number of hydrogen-bond donors (Lipinski definition) is 2. The SMILES string of the molecule is CC(CO)NCc1ccc(C2CCCCC2)cc1. The van der Waals surface area contributed by atoms with Crippen molar-refractivity contribution in [3.8, 4) is 0 Å². The molecule has 1 fully saturated rings. The summed E-state index contributed by atoms with van der Waals surface area (Å²) in [5, 5.41) is 12.3. The van der Waals surface area contributed by atoms with Gasteiger partial charge in [0.15, 0.2) is 0 Å².